The van der Waals surface area contributed by atoms with E-state index in [9.17, 15) is 0 Å². The van der Waals surface area contributed by atoms with Crippen molar-refractivity contribution >= 4 is 37.5 Å². The molecule has 2 aromatic rings. The normalized spacial score (nSPS) is 10.5. The molecule has 0 aliphatic heterocycles. The zero-order valence-electron chi connectivity index (χ0n) is 9.50. The standard InChI is InChI=1S/C14H13Br2N/c1-9-7-12(15)13(16)11(14(9)17)8-10-5-3-2-4-6-10/h2-7H,8,17H2,1H3. The van der Waals surface area contributed by atoms with Crippen molar-refractivity contribution in [2.75, 3.05) is 5.73 Å². The molecule has 2 N–H and O–H groups in total. The fourth-order valence-electron chi connectivity index (χ4n) is 1.80. The zero-order chi connectivity index (χ0) is 12.4. The van der Waals surface area contributed by atoms with Crippen LogP contribution in [-0.4, -0.2) is 0 Å². The van der Waals surface area contributed by atoms with Crippen molar-refractivity contribution in [2.45, 2.75) is 13.3 Å². The van der Waals surface area contributed by atoms with Gasteiger partial charge in [-0.1, -0.05) is 30.3 Å². The van der Waals surface area contributed by atoms with Crippen LogP contribution < -0.4 is 5.73 Å². The van der Waals surface area contributed by atoms with Gasteiger partial charge in [0.25, 0.3) is 0 Å². The van der Waals surface area contributed by atoms with Crippen LogP contribution in [0.25, 0.3) is 0 Å². The summed E-state index contributed by atoms with van der Waals surface area (Å²) in [6, 6.07) is 12.4. The molecule has 0 amide bonds. The number of hydrogen-bond donors (Lipinski definition) is 1. The number of nitrogen functional groups attached to an aromatic ring is 1. The van der Waals surface area contributed by atoms with Crippen LogP contribution in [0.3, 0.4) is 0 Å². The third-order valence-corrected chi connectivity index (χ3v) is 4.85. The molecule has 0 fully saturated rings. The van der Waals surface area contributed by atoms with E-state index >= 15 is 0 Å². The van der Waals surface area contributed by atoms with Gasteiger partial charge in [-0.05, 0) is 61.5 Å². The Morgan fingerprint density at radius 3 is 2.41 bits per heavy atom. The Labute approximate surface area is 118 Å². The summed E-state index contributed by atoms with van der Waals surface area (Å²) in [5, 5.41) is 0. The second kappa shape index (κ2) is 5.23. The quantitative estimate of drug-likeness (QED) is 0.777. The lowest BCUT2D eigenvalue weighted by Gasteiger charge is -2.13. The Hall–Kier alpha value is -0.800. The van der Waals surface area contributed by atoms with Crippen molar-refractivity contribution in [1.29, 1.82) is 0 Å². The maximum atomic E-state index is 6.15. The van der Waals surface area contributed by atoms with E-state index in [4.69, 9.17) is 5.73 Å². The van der Waals surface area contributed by atoms with Crippen molar-refractivity contribution in [3.05, 3.63) is 62.0 Å². The first-order valence-corrected chi connectivity index (χ1v) is 6.95. The van der Waals surface area contributed by atoms with Crippen LogP contribution in [0.1, 0.15) is 16.7 Å². The van der Waals surface area contributed by atoms with E-state index in [0.29, 0.717) is 0 Å². The molecule has 0 atom stereocenters. The summed E-state index contributed by atoms with van der Waals surface area (Å²) in [6.07, 6.45) is 0.841. The average Bonchev–Trinajstić information content (AvgIpc) is 2.33. The monoisotopic (exact) mass is 353 g/mol. The summed E-state index contributed by atoms with van der Waals surface area (Å²) >= 11 is 7.14. The van der Waals surface area contributed by atoms with Gasteiger partial charge in [-0.2, -0.15) is 0 Å². The molecule has 0 bridgehead atoms. The Bertz CT molecular complexity index is 509. The van der Waals surface area contributed by atoms with Gasteiger partial charge in [0.2, 0.25) is 0 Å². The first-order chi connectivity index (χ1) is 8.09. The highest BCUT2D eigenvalue weighted by Gasteiger charge is 2.11. The van der Waals surface area contributed by atoms with Crippen LogP contribution in [0.4, 0.5) is 5.69 Å². The van der Waals surface area contributed by atoms with E-state index in [1.165, 1.54) is 5.56 Å². The lowest BCUT2D eigenvalue weighted by Crippen LogP contribution is -2.00. The van der Waals surface area contributed by atoms with E-state index in [1.807, 2.05) is 31.2 Å². The van der Waals surface area contributed by atoms with Crippen molar-refractivity contribution < 1.29 is 0 Å². The summed E-state index contributed by atoms with van der Waals surface area (Å²) in [7, 11) is 0. The number of benzene rings is 2. The summed E-state index contributed by atoms with van der Waals surface area (Å²) in [4.78, 5) is 0. The third-order valence-electron chi connectivity index (χ3n) is 2.79. The van der Waals surface area contributed by atoms with Gasteiger partial charge in [-0.15, -0.1) is 0 Å². The Kier molecular flexibility index (Phi) is 3.89. The van der Waals surface area contributed by atoms with Crippen molar-refractivity contribution in [2.24, 2.45) is 0 Å². The van der Waals surface area contributed by atoms with Crippen LogP contribution in [0.15, 0.2) is 45.3 Å². The Morgan fingerprint density at radius 2 is 1.76 bits per heavy atom. The highest BCUT2D eigenvalue weighted by atomic mass is 79.9. The van der Waals surface area contributed by atoms with Gasteiger partial charge in [-0.25, -0.2) is 0 Å². The molecule has 17 heavy (non-hydrogen) atoms. The molecule has 0 spiro atoms. The average molecular weight is 355 g/mol. The lowest BCUT2D eigenvalue weighted by atomic mass is 10.0. The minimum Gasteiger partial charge on any atom is -0.398 e. The molecule has 2 aromatic carbocycles. The predicted molar refractivity (Wildman–Crippen MR) is 80.2 cm³/mol. The van der Waals surface area contributed by atoms with Crippen molar-refractivity contribution in [3.63, 3.8) is 0 Å². The molecular formula is C14H13Br2N. The molecule has 0 radical (unpaired) electrons. The summed E-state index contributed by atoms with van der Waals surface area (Å²) in [6.45, 7) is 2.03. The Balaban J connectivity index is 2.46. The van der Waals surface area contributed by atoms with Gasteiger partial charge in [0, 0.05) is 21.1 Å². The Morgan fingerprint density at radius 1 is 1.12 bits per heavy atom. The fraction of sp³-hybridized carbons (Fsp3) is 0.143. The first-order valence-electron chi connectivity index (χ1n) is 5.36. The molecular weight excluding hydrogens is 342 g/mol. The van der Waals surface area contributed by atoms with Crippen molar-refractivity contribution in [1.82, 2.24) is 0 Å². The third kappa shape index (κ3) is 2.72. The van der Waals surface area contributed by atoms with E-state index in [1.54, 1.807) is 0 Å². The summed E-state index contributed by atoms with van der Waals surface area (Å²) in [5.41, 5.74) is 10.5. The predicted octanol–water partition coefficient (Wildman–Crippen LogP) is 4.69. The molecule has 0 unspecified atom stereocenters. The molecule has 0 saturated carbocycles. The molecule has 0 heterocycles. The maximum Gasteiger partial charge on any atom is 0.0391 e. The number of halogens is 2. The molecule has 0 saturated heterocycles. The molecule has 1 nitrogen and oxygen atoms in total. The van der Waals surface area contributed by atoms with E-state index in [0.717, 1.165) is 32.2 Å². The number of nitrogens with two attached hydrogens (primary N) is 1. The van der Waals surface area contributed by atoms with Gasteiger partial charge >= 0.3 is 0 Å². The number of aryl methyl sites for hydroxylation is 1. The van der Waals surface area contributed by atoms with Crippen LogP contribution in [0.5, 0.6) is 0 Å². The van der Waals surface area contributed by atoms with Gasteiger partial charge in [0.15, 0.2) is 0 Å². The highest BCUT2D eigenvalue weighted by molar-refractivity contribution is 9.13. The highest BCUT2D eigenvalue weighted by Crippen LogP contribution is 2.34. The second-order valence-corrected chi connectivity index (χ2v) is 5.69. The second-order valence-electron chi connectivity index (χ2n) is 4.04. The molecule has 0 aliphatic carbocycles. The topological polar surface area (TPSA) is 26.0 Å². The fourth-order valence-corrected chi connectivity index (χ4v) is 2.86. The largest absolute Gasteiger partial charge is 0.398 e. The zero-order valence-corrected chi connectivity index (χ0v) is 12.7. The minimum absolute atomic E-state index is 0.841. The van der Waals surface area contributed by atoms with Gasteiger partial charge in [-0.3, -0.25) is 0 Å². The molecule has 0 aliphatic rings. The molecule has 3 heteroatoms. The SMILES string of the molecule is Cc1cc(Br)c(Br)c(Cc2ccccc2)c1N. The van der Waals surface area contributed by atoms with Gasteiger partial charge in [0.05, 0.1) is 0 Å². The van der Waals surface area contributed by atoms with Gasteiger partial charge in [0.1, 0.15) is 0 Å². The number of anilines is 1. The number of hydrogen-bond acceptors (Lipinski definition) is 1. The van der Waals surface area contributed by atoms with E-state index in [2.05, 4.69) is 44.0 Å². The number of rotatable bonds is 2. The van der Waals surface area contributed by atoms with Gasteiger partial charge < -0.3 is 5.73 Å². The smallest absolute Gasteiger partial charge is 0.0391 e. The summed E-state index contributed by atoms with van der Waals surface area (Å²) < 4.78 is 2.10. The van der Waals surface area contributed by atoms with Crippen LogP contribution in [0, 0.1) is 6.92 Å². The molecule has 2 rings (SSSR count). The van der Waals surface area contributed by atoms with E-state index in [-0.39, 0.29) is 0 Å². The van der Waals surface area contributed by atoms with Crippen LogP contribution >= 0.6 is 31.9 Å². The van der Waals surface area contributed by atoms with E-state index < -0.39 is 0 Å². The molecule has 0 aromatic heterocycles. The van der Waals surface area contributed by atoms with Crippen LogP contribution in [0.2, 0.25) is 0 Å². The minimum atomic E-state index is 0.841. The van der Waals surface area contributed by atoms with Crippen molar-refractivity contribution in [3.8, 4) is 0 Å². The van der Waals surface area contributed by atoms with Crippen LogP contribution in [-0.2, 0) is 6.42 Å². The summed E-state index contributed by atoms with van der Waals surface area (Å²) in [5.74, 6) is 0. The lowest BCUT2D eigenvalue weighted by molar-refractivity contribution is 1.17. The first kappa shape index (κ1) is 12.7. The molecule has 88 valence electrons. The maximum absolute atomic E-state index is 6.15.